The molecule has 3 atom stereocenters. The molecule has 0 bridgehead atoms. The Hall–Kier alpha value is -0.940. The van der Waals surface area contributed by atoms with Gasteiger partial charge >= 0.3 is 0 Å². The molecule has 3 unspecified atom stereocenters. The fraction of sp³-hybridized carbons (Fsp3) is 0.875. The summed E-state index contributed by atoms with van der Waals surface area (Å²) in [5.41, 5.74) is 5.40. The molecule has 0 rings (SSSR count). The van der Waals surface area contributed by atoms with Gasteiger partial charge < -0.3 is 15.4 Å². The number of rotatable bonds is 8. The number of hydrogen-bond acceptors (Lipinski definition) is 4. The number of Topliss-reactive ketones (excluding diaryl/α,β-unsaturated/α-hetero) is 1. The predicted octanol–water partition coefficient (Wildman–Crippen LogP) is 2.23. The molecule has 1 amide bonds. The van der Waals surface area contributed by atoms with Gasteiger partial charge in [-0.1, -0.05) is 40.5 Å². The monoisotopic (exact) mass is 302 g/mol. The number of nitrogens with zero attached hydrogens (tertiary/aromatic N) is 1. The van der Waals surface area contributed by atoms with Crippen LogP contribution in [0, 0.1) is 5.92 Å². The molecule has 2 N–H and O–H groups in total. The van der Waals surface area contributed by atoms with Gasteiger partial charge in [-0.25, -0.2) is 0 Å². The molecular weight excluding hydrogens is 268 g/mol. The Morgan fingerprint density at radius 2 is 1.71 bits per heavy atom. The molecule has 0 aromatic carbocycles. The molecule has 0 spiro atoms. The number of carbonyl (C=O) groups is 2. The van der Waals surface area contributed by atoms with Gasteiger partial charge in [0.15, 0.2) is 0 Å². The summed E-state index contributed by atoms with van der Waals surface area (Å²) in [6, 6.07) is -0.125. The van der Waals surface area contributed by atoms with Gasteiger partial charge in [0.25, 0.3) is 0 Å². The smallest absolute Gasteiger partial charge is 0.236 e. The minimum Gasteiger partial charge on any atom is -0.379 e. The van der Waals surface area contributed by atoms with E-state index >= 15 is 0 Å². The fourth-order valence-corrected chi connectivity index (χ4v) is 2.18. The van der Waals surface area contributed by atoms with Gasteiger partial charge in [-0.15, -0.1) is 0 Å². The van der Waals surface area contributed by atoms with E-state index in [4.69, 9.17) is 10.5 Å². The van der Waals surface area contributed by atoms with Crippen LogP contribution in [-0.2, 0) is 14.3 Å². The van der Waals surface area contributed by atoms with Gasteiger partial charge in [0.1, 0.15) is 5.78 Å². The number of amides is 1. The molecule has 0 radical (unpaired) electrons. The molecule has 5 nitrogen and oxygen atoms in total. The molecular formula is C16H34N2O3. The molecule has 0 aromatic heterocycles. The normalized spacial score (nSPS) is 14.5. The number of ether oxygens (including phenoxy) is 1. The van der Waals surface area contributed by atoms with Crippen LogP contribution in [-0.4, -0.2) is 49.4 Å². The highest BCUT2D eigenvalue weighted by atomic mass is 16.5. The quantitative estimate of drug-likeness (QED) is 0.746. The van der Waals surface area contributed by atoms with Gasteiger partial charge in [-0.05, 0) is 12.8 Å². The van der Waals surface area contributed by atoms with Crippen LogP contribution in [0.2, 0.25) is 0 Å². The van der Waals surface area contributed by atoms with Crippen LogP contribution < -0.4 is 5.73 Å². The van der Waals surface area contributed by atoms with E-state index in [0.717, 1.165) is 6.42 Å². The Morgan fingerprint density at radius 3 is 2.00 bits per heavy atom. The molecule has 0 saturated carbocycles. The van der Waals surface area contributed by atoms with E-state index in [-0.39, 0.29) is 36.3 Å². The second-order valence-electron chi connectivity index (χ2n) is 5.47. The van der Waals surface area contributed by atoms with Crippen molar-refractivity contribution in [1.82, 2.24) is 4.90 Å². The van der Waals surface area contributed by atoms with Crippen LogP contribution in [0.25, 0.3) is 0 Å². The minimum absolute atomic E-state index is 0.0278. The molecule has 21 heavy (non-hydrogen) atoms. The van der Waals surface area contributed by atoms with Crippen LogP contribution in [0.5, 0.6) is 0 Å². The average Bonchev–Trinajstić information content (AvgIpc) is 2.45. The Kier molecular flexibility index (Phi) is 13.6. The van der Waals surface area contributed by atoms with Gasteiger partial charge in [0, 0.05) is 20.6 Å². The van der Waals surface area contributed by atoms with E-state index in [2.05, 4.69) is 27.7 Å². The van der Waals surface area contributed by atoms with E-state index in [1.54, 1.807) is 19.1 Å². The third-order valence-corrected chi connectivity index (χ3v) is 3.41. The number of methoxy groups -OCH3 is 1. The molecule has 0 heterocycles. The summed E-state index contributed by atoms with van der Waals surface area (Å²) in [6.07, 6.45) is 2.19. The van der Waals surface area contributed by atoms with Gasteiger partial charge in [-0.2, -0.15) is 0 Å². The van der Waals surface area contributed by atoms with Crippen molar-refractivity contribution in [1.29, 1.82) is 0 Å². The second kappa shape index (κ2) is 12.8. The Bertz CT molecular complexity index is 295. The largest absolute Gasteiger partial charge is 0.379 e. The van der Waals surface area contributed by atoms with Gasteiger partial charge in [0.2, 0.25) is 5.91 Å². The van der Waals surface area contributed by atoms with Crippen LogP contribution in [0.1, 0.15) is 53.9 Å². The number of hydrogen-bond donors (Lipinski definition) is 1. The summed E-state index contributed by atoms with van der Waals surface area (Å²) in [7, 11) is 3.29. The van der Waals surface area contributed by atoms with Crippen molar-refractivity contribution in [3.63, 3.8) is 0 Å². The molecule has 126 valence electrons. The highest BCUT2D eigenvalue weighted by molar-refractivity contribution is 5.79. The zero-order valence-corrected chi connectivity index (χ0v) is 14.8. The van der Waals surface area contributed by atoms with E-state index in [1.165, 1.54) is 13.3 Å². The lowest BCUT2D eigenvalue weighted by atomic mass is 9.90. The second-order valence-corrected chi connectivity index (χ2v) is 5.47. The van der Waals surface area contributed by atoms with E-state index < -0.39 is 0 Å². The summed E-state index contributed by atoms with van der Waals surface area (Å²) in [4.78, 5) is 24.6. The van der Waals surface area contributed by atoms with Crippen molar-refractivity contribution in [2.45, 2.75) is 66.0 Å². The Morgan fingerprint density at radius 1 is 1.24 bits per heavy atom. The van der Waals surface area contributed by atoms with Crippen molar-refractivity contribution in [3.05, 3.63) is 0 Å². The molecule has 0 aliphatic heterocycles. The average molecular weight is 302 g/mol. The van der Waals surface area contributed by atoms with Crippen molar-refractivity contribution >= 4 is 11.7 Å². The highest BCUT2D eigenvalue weighted by Gasteiger charge is 2.32. The van der Waals surface area contributed by atoms with Crippen molar-refractivity contribution in [2.75, 3.05) is 20.7 Å². The number of carbonyl (C=O) groups excluding carboxylic acids is 2. The summed E-state index contributed by atoms with van der Waals surface area (Å²) in [5, 5.41) is 0. The van der Waals surface area contributed by atoms with Crippen molar-refractivity contribution < 1.29 is 14.3 Å². The standard InChI is InChI=1S/C13H26N2O3.C3H8/c1-6-9(2)13(15(4)12(17)8-14)11(18-5)7-10(3)16;1-3-2/h9,11,13H,6-8,14H2,1-5H3;3H2,1-2H3. The third-order valence-electron chi connectivity index (χ3n) is 3.41. The topological polar surface area (TPSA) is 72.6 Å². The zero-order chi connectivity index (χ0) is 17.0. The molecule has 0 saturated heterocycles. The molecule has 0 fully saturated rings. The summed E-state index contributed by atoms with van der Waals surface area (Å²) < 4.78 is 5.41. The number of nitrogens with two attached hydrogens (primary N) is 1. The summed E-state index contributed by atoms with van der Waals surface area (Å²) >= 11 is 0. The predicted molar refractivity (Wildman–Crippen MR) is 87.1 cm³/mol. The lowest BCUT2D eigenvalue weighted by Crippen LogP contribution is -2.51. The van der Waals surface area contributed by atoms with E-state index in [1.807, 2.05) is 0 Å². The van der Waals surface area contributed by atoms with Crippen molar-refractivity contribution in [3.8, 4) is 0 Å². The first-order valence-corrected chi connectivity index (χ1v) is 7.78. The van der Waals surface area contributed by atoms with Crippen LogP contribution in [0.4, 0.5) is 0 Å². The number of likely N-dealkylation sites (N-methyl/N-ethyl adjacent to an activating group) is 1. The molecule has 0 aliphatic carbocycles. The van der Waals surface area contributed by atoms with Gasteiger partial charge in [0.05, 0.1) is 18.7 Å². The molecule has 5 heteroatoms. The van der Waals surface area contributed by atoms with E-state index in [9.17, 15) is 9.59 Å². The van der Waals surface area contributed by atoms with Crippen molar-refractivity contribution in [2.24, 2.45) is 11.7 Å². The third kappa shape index (κ3) is 8.83. The van der Waals surface area contributed by atoms with Crippen LogP contribution in [0.3, 0.4) is 0 Å². The lowest BCUT2D eigenvalue weighted by Gasteiger charge is -2.37. The van der Waals surface area contributed by atoms with Crippen LogP contribution >= 0.6 is 0 Å². The zero-order valence-electron chi connectivity index (χ0n) is 14.8. The van der Waals surface area contributed by atoms with E-state index in [0.29, 0.717) is 6.42 Å². The van der Waals surface area contributed by atoms with Gasteiger partial charge in [-0.3, -0.25) is 9.59 Å². The minimum atomic E-state index is -0.280. The fourth-order valence-electron chi connectivity index (χ4n) is 2.18. The molecule has 0 aromatic rings. The first kappa shape index (κ1) is 22.3. The Labute approximate surface area is 130 Å². The maximum absolute atomic E-state index is 11.7. The highest BCUT2D eigenvalue weighted by Crippen LogP contribution is 2.21. The Balaban J connectivity index is 0. The first-order chi connectivity index (χ1) is 9.80. The lowest BCUT2D eigenvalue weighted by molar-refractivity contribution is -0.137. The SMILES string of the molecule is CCC.CCC(C)C(C(CC(C)=O)OC)N(C)C(=O)CN. The van der Waals surface area contributed by atoms with Crippen LogP contribution in [0.15, 0.2) is 0 Å². The number of ketones is 1. The maximum Gasteiger partial charge on any atom is 0.236 e. The maximum atomic E-state index is 11.7. The summed E-state index contributed by atoms with van der Waals surface area (Å²) in [5.74, 6) is 0.171. The molecule has 0 aliphatic rings. The summed E-state index contributed by atoms with van der Waals surface area (Å²) in [6.45, 7) is 9.86. The first-order valence-electron chi connectivity index (χ1n) is 7.78.